The second-order valence-electron chi connectivity index (χ2n) is 4.75. The van der Waals surface area contributed by atoms with Crippen molar-refractivity contribution in [3.63, 3.8) is 0 Å². The van der Waals surface area contributed by atoms with E-state index in [-0.39, 0.29) is 24.8 Å². The summed E-state index contributed by atoms with van der Waals surface area (Å²) in [6.45, 7) is 7.25. The molecule has 0 nitrogen and oxygen atoms in total. The fourth-order valence-electron chi connectivity index (χ4n) is 2.38. The average Bonchev–Trinajstić information content (AvgIpc) is 2.85. The average molecular weight is 354 g/mol. The largest absolute Gasteiger partial charge is 0.147 e. The molecule has 99 valence electrons. The van der Waals surface area contributed by atoms with Crippen molar-refractivity contribution in [3.05, 3.63) is 38.2 Å². The molecule has 1 aliphatic rings. The molecule has 0 bridgehead atoms. The van der Waals surface area contributed by atoms with Crippen LogP contribution in [0.25, 0.3) is 0 Å². The van der Waals surface area contributed by atoms with Gasteiger partial charge in [0.2, 0.25) is 0 Å². The molecular weight excluding hydrogens is 335 g/mol. The number of allylic oxidation sites excluding steroid dienone is 4. The van der Waals surface area contributed by atoms with Gasteiger partial charge in [0.15, 0.2) is 0 Å². The van der Waals surface area contributed by atoms with E-state index < -0.39 is 8.07 Å². The molecule has 0 atom stereocenters. The second-order valence-corrected chi connectivity index (χ2v) is 11.3. The molecule has 5 heteroatoms. The molecule has 18 heavy (non-hydrogen) atoms. The molecule has 0 amide bonds. The SMILES string of the molecule is CCc1ccsc1[Si](C)(C)C1=[C]([Ti])CC=C1.Cl.Cl. The van der Waals surface area contributed by atoms with Crippen LogP contribution in [0.2, 0.25) is 13.1 Å². The summed E-state index contributed by atoms with van der Waals surface area (Å²) in [4.78, 5) is 0. The van der Waals surface area contributed by atoms with Gasteiger partial charge in [-0.2, -0.15) is 0 Å². The molecule has 0 fully saturated rings. The molecule has 2 rings (SSSR count). The predicted molar refractivity (Wildman–Crippen MR) is 86.1 cm³/mol. The Kier molecular flexibility index (Phi) is 7.75. The molecule has 0 spiro atoms. The van der Waals surface area contributed by atoms with Gasteiger partial charge in [0.1, 0.15) is 0 Å². The number of hydrogen-bond acceptors (Lipinski definition) is 1. The van der Waals surface area contributed by atoms with E-state index in [2.05, 4.69) is 64.1 Å². The third kappa shape index (κ3) is 3.41. The van der Waals surface area contributed by atoms with Crippen LogP contribution in [-0.2, 0) is 26.9 Å². The number of hydrogen-bond donors (Lipinski definition) is 0. The van der Waals surface area contributed by atoms with E-state index in [0.717, 1.165) is 0 Å². The van der Waals surface area contributed by atoms with Crippen molar-refractivity contribution in [1.29, 1.82) is 0 Å². The first kappa shape index (κ1) is 18.7. The van der Waals surface area contributed by atoms with Gasteiger partial charge in [0.25, 0.3) is 0 Å². The van der Waals surface area contributed by atoms with Crippen molar-refractivity contribution in [2.45, 2.75) is 32.9 Å². The van der Waals surface area contributed by atoms with Crippen LogP contribution in [0.5, 0.6) is 0 Å². The summed E-state index contributed by atoms with van der Waals surface area (Å²) in [6, 6.07) is 2.31. The molecular formula is C13H19Cl2SSiTi. The van der Waals surface area contributed by atoms with E-state index in [1.54, 1.807) is 19.1 Å². The normalized spacial score (nSPS) is 14.3. The molecule has 1 aliphatic carbocycles. The van der Waals surface area contributed by atoms with Crippen LogP contribution in [0, 0.1) is 0 Å². The summed E-state index contributed by atoms with van der Waals surface area (Å²) in [6.07, 6.45) is 7.03. The third-order valence-corrected chi connectivity index (χ3v) is 10.4. The van der Waals surface area contributed by atoms with Crippen molar-refractivity contribution < 1.29 is 20.4 Å². The van der Waals surface area contributed by atoms with Gasteiger partial charge in [0, 0.05) is 0 Å². The van der Waals surface area contributed by atoms with Gasteiger partial charge in [0.05, 0.1) is 0 Å². The summed E-state index contributed by atoms with van der Waals surface area (Å²) in [5, 5.41) is 3.92. The van der Waals surface area contributed by atoms with Gasteiger partial charge in [-0.05, 0) is 0 Å². The maximum absolute atomic E-state index is 2.49. The van der Waals surface area contributed by atoms with Gasteiger partial charge in [-0.15, -0.1) is 24.8 Å². The van der Waals surface area contributed by atoms with Crippen LogP contribution in [0.3, 0.4) is 0 Å². The Bertz CT molecular complexity index is 463. The van der Waals surface area contributed by atoms with E-state index in [0.29, 0.717) is 0 Å². The maximum atomic E-state index is 2.49. The summed E-state index contributed by atoms with van der Waals surface area (Å²) in [7, 11) is -1.41. The molecule has 0 saturated heterocycles. The maximum Gasteiger partial charge on any atom is -0.147 e. The van der Waals surface area contributed by atoms with Gasteiger partial charge in [-0.3, -0.25) is 0 Å². The third-order valence-electron chi connectivity index (χ3n) is 3.30. The zero-order valence-electron chi connectivity index (χ0n) is 10.9. The summed E-state index contributed by atoms with van der Waals surface area (Å²) >= 11 is 4.26. The molecule has 0 N–H and O–H groups in total. The first-order valence-corrected chi connectivity index (χ1v) is 10.4. The van der Waals surface area contributed by atoms with Crippen LogP contribution in [0.15, 0.2) is 32.7 Å². The number of thiophene rings is 1. The second kappa shape index (κ2) is 7.47. The Morgan fingerprint density at radius 3 is 2.50 bits per heavy atom. The van der Waals surface area contributed by atoms with Crippen LogP contribution < -0.4 is 4.50 Å². The van der Waals surface area contributed by atoms with Gasteiger partial charge >= 0.3 is 115 Å². The van der Waals surface area contributed by atoms with Crippen molar-refractivity contribution in [1.82, 2.24) is 0 Å². The minimum atomic E-state index is -1.41. The van der Waals surface area contributed by atoms with Crippen LogP contribution in [0.1, 0.15) is 18.9 Å². The van der Waals surface area contributed by atoms with Gasteiger partial charge in [-0.25, -0.2) is 0 Å². The Hall–Kier alpha value is 0.691. The van der Waals surface area contributed by atoms with E-state index in [4.69, 9.17) is 0 Å². The smallest absolute Gasteiger partial charge is 0.147 e. The Morgan fingerprint density at radius 1 is 1.33 bits per heavy atom. The number of rotatable bonds is 3. The van der Waals surface area contributed by atoms with Crippen molar-refractivity contribution in [3.8, 4) is 0 Å². The van der Waals surface area contributed by atoms with Gasteiger partial charge < -0.3 is 0 Å². The quantitative estimate of drug-likeness (QED) is 0.708. The number of halogens is 2. The minimum absolute atomic E-state index is 0. The molecule has 1 aromatic rings. The van der Waals surface area contributed by atoms with Crippen molar-refractivity contribution in [2.75, 3.05) is 0 Å². The van der Waals surface area contributed by atoms with E-state index >= 15 is 0 Å². The molecule has 0 unspecified atom stereocenters. The van der Waals surface area contributed by atoms with E-state index in [1.807, 2.05) is 11.3 Å². The summed E-state index contributed by atoms with van der Waals surface area (Å²) in [5.41, 5.74) is 1.57. The predicted octanol–water partition coefficient (Wildman–Crippen LogP) is 4.37. The van der Waals surface area contributed by atoms with Crippen LogP contribution in [-0.4, -0.2) is 8.07 Å². The molecule has 1 aromatic heterocycles. The van der Waals surface area contributed by atoms with Crippen molar-refractivity contribution in [2.24, 2.45) is 0 Å². The molecule has 0 radical (unpaired) electrons. The zero-order chi connectivity index (χ0) is 11.8. The molecule has 0 aliphatic heterocycles. The molecule has 0 aromatic carbocycles. The standard InChI is InChI=1S/C13H17SSi.2ClH.Ti/c1-4-11-9-10-14-13(11)15(2,3)12-7-5-6-8-12;;;/h5,7,9-10H,4,6H2,1-3H3;2*1H;. The Morgan fingerprint density at radius 2 is 2.00 bits per heavy atom. The summed E-state index contributed by atoms with van der Waals surface area (Å²) in [5.74, 6) is 0. The van der Waals surface area contributed by atoms with Crippen LogP contribution >= 0.6 is 36.2 Å². The Balaban J connectivity index is 0.00000144. The first-order chi connectivity index (χ1) is 7.57. The molecule has 1 heterocycles. The van der Waals surface area contributed by atoms with Crippen molar-refractivity contribution >= 4 is 48.7 Å². The fourth-order valence-corrected chi connectivity index (χ4v) is 9.30. The molecule has 0 saturated carbocycles. The Labute approximate surface area is 139 Å². The van der Waals surface area contributed by atoms with E-state index in [1.165, 1.54) is 12.8 Å². The topological polar surface area (TPSA) is 0 Å². The monoisotopic (exact) mass is 353 g/mol. The van der Waals surface area contributed by atoms with Crippen LogP contribution in [0.4, 0.5) is 0 Å². The fraction of sp³-hybridized carbons (Fsp3) is 0.385. The van der Waals surface area contributed by atoms with E-state index in [9.17, 15) is 0 Å². The zero-order valence-corrected chi connectivity index (χ0v) is 16.0. The number of aryl methyl sites for hydroxylation is 1. The first-order valence-electron chi connectivity index (χ1n) is 5.76. The minimum Gasteiger partial charge on any atom is -0.147 e. The summed E-state index contributed by atoms with van der Waals surface area (Å²) < 4.78 is 3.27. The van der Waals surface area contributed by atoms with Gasteiger partial charge in [-0.1, -0.05) is 0 Å².